The molecule has 2 aliphatic heterocycles. The molecule has 2 saturated heterocycles. The summed E-state index contributed by atoms with van der Waals surface area (Å²) in [4.78, 5) is 12.7. The average Bonchev–Trinajstić information content (AvgIpc) is 2.64. The number of amides is 1. The molecule has 1 N–H and O–H groups in total. The zero-order valence-electron chi connectivity index (χ0n) is 6.60. The van der Waals surface area contributed by atoms with E-state index in [-0.39, 0.29) is 12.1 Å². The van der Waals surface area contributed by atoms with Crippen LogP contribution in [0, 0.1) is 0 Å². The normalized spacial score (nSPS) is 32.6. The molecule has 12 heavy (non-hydrogen) atoms. The van der Waals surface area contributed by atoms with E-state index in [9.17, 15) is 4.79 Å². The number of rotatable bonds is 1. The number of carbonyl (C=O) groups is 1. The maximum Gasteiger partial charge on any atom is 0.412 e. The zero-order valence-corrected chi connectivity index (χ0v) is 6.60. The number of carbonyl (C=O) groups excluding carboxylic acids is 1. The highest BCUT2D eigenvalue weighted by atomic mass is 16.6. The summed E-state index contributed by atoms with van der Waals surface area (Å²) in [5.41, 5.74) is 0. The minimum absolute atomic E-state index is 0.161. The maximum atomic E-state index is 11.1. The van der Waals surface area contributed by atoms with Crippen LogP contribution >= 0.6 is 0 Å². The molecule has 0 radical (unpaired) electrons. The van der Waals surface area contributed by atoms with E-state index < -0.39 is 12.9 Å². The second kappa shape index (κ2) is 2.91. The van der Waals surface area contributed by atoms with E-state index in [2.05, 4.69) is 4.74 Å². The van der Waals surface area contributed by atoms with Crippen molar-refractivity contribution in [2.75, 3.05) is 19.9 Å². The van der Waals surface area contributed by atoms with Crippen molar-refractivity contribution in [3.63, 3.8) is 0 Å². The van der Waals surface area contributed by atoms with Gasteiger partial charge in [0.25, 0.3) is 0 Å². The molecule has 0 spiro atoms. The van der Waals surface area contributed by atoms with Crippen LogP contribution in [-0.4, -0.2) is 48.2 Å². The lowest BCUT2D eigenvalue weighted by Crippen LogP contribution is -2.41. The van der Waals surface area contributed by atoms with Gasteiger partial charge in [-0.25, -0.2) is 4.79 Å². The lowest BCUT2D eigenvalue weighted by molar-refractivity contribution is -0.00760. The number of morpholine rings is 1. The van der Waals surface area contributed by atoms with Gasteiger partial charge >= 0.3 is 6.09 Å². The lowest BCUT2D eigenvalue weighted by Gasteiger charge is -2.25. The fourth-order valence-electron chi connectivity index (χ4n) is 1.76. The van der Waals surface area contributed by atoms with Crippen molar-refractivity contribution in [1.82, 2.24) is 4.90 Å². The first kappa shape index (κ1) is 7.82. The highest BCUT2D eigenvalue weighted by molar-refractivity contribution is 5.68. The Morgan fingerprint density at radius 3 is 3.08 bits per heavy atom. The molecule has 0 aliphatic carbocycles. The van der Waals surface area contributed by atoms with E-state index in [1.807, 2.05) is 0 Å². The Bertz CT molecular complexity index is 196. The van der Waals surface area contributed by atoms with Crippen molar-refractivity contribution in [1.29, 1.82) is 0 Å². The molecule has 2 atom stereocenters. The van der Waals surface area contributed by atoms with Gasteiger partial charge in [-0.2, -0.15) is 0 Å². The van der Waals surface area contributed by atoms with Crippen LogP contribution in [0.4, 0.5) is 4.79 Å². The number of nitrogens with zero attached hydrogens (tertiary/aromatic N) is 1. The zero-order chi connectivity index (χ0) is 8.55. The van der Waals surface area contributed by atoms with Gasteiger partial charge in [-0.1, -0.05) is 0 Å². The molecule has 5 nitrogen and oxygen atoms in total. The Balaban J connectivity index is 1.93. The lowest BCUT2D eigenvalue weighted by atomic mass is 10.2. The van der Waals surface area contributed by atoms with Gasteiger partial charge in [0.2, 0.25) is 0 Å². The molecular weight excluding hydrogens is 162 g/mol. The quantitative estimate of drug-likeness (QED) is 0.545. The number of likely N-dealkylation sites (tertiary alicyclic amines) is 1. The SMILES string of the molecule is O=C(OCO)N1CC2CC1CO2. The van der Waals surface area contributed by atoms with Gasteiger partial charge in [0.1, 0.15) is 0 Å². The first-order chi connectivity index (χ1) is 5.81. The van der Waals surface area contributed by atoms with E-state index >= 15 is 0 Å². The number of aliphatic hydroxyl groups excluding tert-OH is 1. The highest BCUT2D eigenvalue weighted by Gasteiger charge is 2.42. The van der Waals surface area contributed by atoms with Crippen molar-refractivity contribution in [2.24, 2.45) is 0 Å². The van der Waals surface area contributed by atoms with Crippen molar-refractivity contribution < 1.29 is 19.4 Å². The Morgan fingerprint density at radius 1 is 1.75 bits per heavy atom. The number of aliphatic hydroxyl groups is 1. The second-order valence-electron chi connectivity index (χ2n) is 3.04. The Kier molecular flexibility index (Phi) is 1.90. The summed E-state index contributed by atoms with van der Waals surface area (Å²) in [5.74, 6) is 0. The maximum absolute atomic E-state index is 11.1. The Morgan fingerprint density at radius 2 is 2.58 bits per heavy atom. The number of fused-ring (bicyclic) bond motifs is 2. The molecule has 0 aromatic rings. The number of ether oxygens (including phenoxy) is 2. The monoisotopic (exact) mass is 173 g/mol. The van der Waals surface area contributed by atoms with Crippen LogP contribution in [0.2, 0.25) is 0 Å². The van der Waals surface area contributed by atoms with Crippen LogP contribution in [0.3, 0.4) is 0 Å². The van der Waals surface area contributed by atoms with Gasteiger partial charge in [0.15, 0.2) is 6.79 Å². The van der Waals surface area contributed by atoms with Gasteiger partial charge in [-0.05, 0) is 6.42 Å². The fourth-order valence-corrected chi connectivity index (χ4v) is 1.76. The molecule has 2 fully saturated rings. The van der Waals surface area contributed by atoms with Crippen LogP contribution < -0.4 is 0 Å². The average molecular weight is 173 g/mol. The third-order valence-corrected chi connectivity index (χ3v) is 2.32. The van der Waals surface area contributed by atoms with Gasteiger partial charge < -0.3 is 19.5 Å². The summed E-state index contributed by atoms with van der Waals surface area (Å²) in [6, 6.07) is 0.161. The smallest absolute Gasteiger partial charge is 0.412 e. The van der Waals surface area contributed by atoms with Gasteiger partial charge in [-0.15, -0.1) is 0 Å². The summed E-state index contributed by atoms with van der Waals surface area (Å²) >= 11 is 0. The summed E-state index contributed by atoms with van der Waals surface area (Å²) in [5, 5.41) is 8.37. The van der Waals surface area contributed by atoms with Crippen LogP contribution in [0.15, 0.2) is 0 Å². The molecule has 1 amide bonds. The van der Waals surface area contributed by atoms with Crippen LogP contribution in [0.1, 0.15) is 6.42 Å². The minimum Gasteiger partial charge on any atom is -0.422 e. The van der Waals surface area contributed by atoms with Crippen molar-refractivity contribution >= 4 is 6.09 Å². The summed E-state index contributed by atoms with van der Waals surface area (Å²) < 4.78 is 9.76. The fraction of sp³-hybridized carbons (Fsp3) is 0.857. The summed E-state index contributed by atoms with van der Waals surface area (Å²) in [6.07, 6.45) is 0.648. The van der Waals surface area contributed by atoms with Gasteiger partial charge in [-0.3, -0.25) is 0 Å². The van der Waals surface area contributed by atoms with Crippen molar-refractivity contribution in [3.05, 3.63) is 0 Å². The second-order valence-corrected chi connectivity index (χ2v) is 3.04. The van der Waals surface area contributed by atoms with Gasteiger partial charge in [0.05, 0.1) is 25.3 Å². The molecule has 5 heteroatoms. The first-order valence-corrected chi connectivity index (χ1v) is 3.97. The Hall–Kier alpha value is -0.810. The summed E-state index contributed by atoms with van der Waals surface area (Å²) in [6.45, 7) is 0.655. The first-order valence-electron chi connectivity index (χ1n) is 3.97. The molecular formula is C7H11NO4. The van der Waals surface area contributed by atoms with Crippen LogP contribution in [-0.2, 0) is 9.47 Å². The van der Waals surface area contributed by atoms with E-state index in [0.717, 1.165) is 6.42 Å². The molecule has 0 aromatic heterocycles. The molecule has 68 valence electrons. The van der Waals surface area contributed by atoms with Crippen LogP contribution in [0.5, 0.6) is 0 Å². The third kappa shape index (κ3) is 1.15. The molecule has 2 aliphatic rings. The van der Waals surface area contributed by atoms with Crippen LogP contribution in [0.25, 0.3) is 0 Å². The van der Waals surface area contributed by atoms with Crippen molar-refractivity contribution in [2.45, 2.75) is 18.6 Å². The minimum atomic E-state index is -0.548. The Labute approximate surface area is 69.9 Å². The topological polar surface area (TPSA) is 59.0 Å². The molecule has 0 saturated carbocycles. The van der Waals surface area contributed by atoms with E-state index in [1.54, 1.807) is 4.90 Å². The highest BCUT2D eigenvalue weighted by Crippen LogP contribution is 2.27. The number of hydrogen-bond acceptors (Lipinski definition) is 4. The molecule has 2 bridgehead atoms. The van der Waals surface area contributed by atoms with Crippen molar-refractivity contribution in [3.8, 4) is 0 Å². The third-order valence-electron chi connectivity index (χ3n) is 2.32. The van der Waals surface area contributed by atoms with Gasteiger partial charge in [0, 0.05) is 0 Å². The molecule has 0 aromatic carbocycles. The summed E-state index contributed by atoms with van der Waals surface area (Å²) in [7, 11) is 0. The molecule has 2 rings (SSSR count). The standard InChI is InChI=1S/C7H11NO4/c9-4-12-7(10)8-2-6-1-5(8)3-11-6/h5-6,9H,1-4H2. The predicted octanol–water partition coefficient (Wildman–Crippen LogP) is -0.454. The molecule has 2 unspecified atom stereocenters. The predicted molar refractivity (Wildman–Crippen MR) is 38.4 cm³/mol. The largest absolute Gasteiger partial charge is 0.422 e. The molecule has 2 heterocycles. The van der Waals surface area contributed by atoms with E-state index in [1.165, 1.54) is 0 Å². The van der Waals surface area contributed by atoms with E-state index in [4.69, 9.17) is 9.84 Å². The number of hydrogen-bond donors (Lipinski definition) is 1. The van der Waals surface area contributed by atoms with E-state index in [0.29, 0.717) is 13.2 Å².